The molecule has 0 atom stereocenters. The van der Waals surface area contributed by atoms with Crippen molar-refractivity contribution in [3.05, 3.63) is 66.6 Å². The lowest BCUT2D eigenvalue weighted by Gasteiger charge is -2.20. The average Bonchev–Trinajstić information content (AvgIpc) is 3.10. The monoisotopic (exact) mass is 455 g/mol. The minimum Gasteiger partial charge on any atom is -0.475 e. The number of hydrogen-bond donors (Lipinski definition) is 1. The van der Waals surface area contributed by atoms with Crippen LogP contribution in [-0.2, 0) is 0 Å². The fourth-order valence-corrected chi connectivity index (χ4v) is 3.78. The van der Waals surface area contributed by atoms with Crippen molar-refractivity contribution in [3.63, 3.8) is 0 Å². The number of alkyl halides is 3. The van der Waals surface area contributed by atoms with Crippen LogP contribution in [0.25, 0.3) is 16.6 Å². The number of nitrogens with zero attached hydrogens (tertiary/aromatic N) is 4. The molecule has 8 nitrogen and oxygen atoms in total. The predicted octanol–water partition coefficient (Wildman–Crippen LogP) is 3.94. The first-order valence-corrected chi connectivity index (χ1v) is 9.83. The number of benzene rings is 2. The van der Waals surface area contributed by atoms with E-state index in [0.29, 0.717) is 16.6 Å². The van der Waals surface area contributed by atoms with Gasteiger partial charge in [-0.2, -0.15) is 0 Å². The summed E-state index contributed by atoms with van der Waals surface area (Å²) in [5.74, 6) is -0.573. The molecule has 0 spiro atoms. The van der Waals surface area contributed by atoms with E-state index >= 15 is 0 Å². The minimum absolute atomic E-state index is 0.0189. The first-order chi connectivity index (χ1) is 15.8. The number of para-hydroxylation sites is 2. The van der Waals surface area contributed by atoms with Crippen molar-refractivity contribution >= 4 is 28.3 Å². The summed E-state index contributed by atoms with van der Waals surface area (Å²) >= 11 is 0. The normalized spacial score (nSPS) is 14.0. The van der Waals surface area contributed by atoms with Gasteiger partial charge in [0, 0.05) is 17.3 Å². The van der Waals surface area contributed by atoms with Crippen LogP contribution >= 0.6 is 0 Å². The van der Waals surface area contributed by atoms with Crippen molar-refractivity contribution in [2.45, 2.75) is 6.36 Å². The zero-order valence-corrected chi connectivity index (χ0v) is 16.9. The number of nitrogens with two attached hydrogens (primary N) is 1. The molecule has 2 N–H and O–H groups in total. The number of halogens is 3. The number of aromatic nitrogens is 3. The van der Waals surface area contributed by atoms with Gasteiger partial charge in [-0.15, -0.1) is 13.2 Å². The summed E-state index contributed by atoms with van der Waals surface area (Å²) < 4.78 is 49.9. The molecule has 0 saturated carbocycles. The van der Waals surface area contributed by atoms with Gasteiger partial charge in [-0.05, 0) is 36.4 Å². The number of carbonyl (C=O) groups is 1. The Balaban J connectivity index is 1.54. The van der Waals surface area contributed by atoms with Crippen LogP contribution in [0.1, 0.15) is 10.4 Å². The molecule has 3 heterocycles. The molecule has 1 aliphatic rings. The second kappa shape index (κ2) is 7.69. The molecule has 5 rings (SSSR count). The van der Waals surface area contributed by atoms with Gasteiger partial charge in [0.25, 0.3) is 5.91 Å². The second-order valence-electron chi connectivity index (χ2n) is 7.19. The number of hydrogen-bond acceptors (Lipinski definition) is 6. The Bertz CT molecular complexity index is 1370. The van der Waals surface area contributed by atoms with Gasteiger partial charge in [0.1, 0.15) is 24.3 Å². The van der Waals surface area contributed by atoms with Gasteiger partial charge in [-0.3, -0.25) is 4.79 Å². The lowest BCUT2D eigenvalue weighted by atomic mass is 10.2. The summed E-state index contributed by atoms with van der Waals surface area (Å²) in [4.78, 5) is 22.5. The highest BCUT2D eigenvalue weighted by atomic mass is 19.4. The maximum absolute atomic E-state index is 13.2. The van der Waals surface area contributed by atoms with Gasteiger partial charge in [0.05, 0.1) is 17.7 Å². The lowest BCUT2D eigenvalue weighted by Crippen LogP contribution is -2.32. The number of ether oxygens (including phenoxy) is 2. The van der Waals surface area contributed by atoms with E-state index in [-0.39, 0.29) is 41.8 Å². The average molecular weight is 455 g/mol. The molecule has 2 aromatic carbocycles. The van der Waals surface area contributed by atoms with E-state index in [1.54, 1.807) is 41.1 Å². The second-order valence-corrected chi connectivity index (χ2v) is 7.19. The van der Waals surface area contributed by atoms with Crippen LogP contribution in [0.3, 0.4) is 0 Å². The van der Waals surface area contributed by atoms with Gasteiger partial charge < -0.3 is 24.7 Å². The molecule has 0 fully saturated rings. The highest BCUT2D eigenvalue weighted by Gasteiger charge is 2.32. The maximum atomic E-state index is 13.2. The molecule has 168 valence electrons. The quantitative estimate of drug-likeness (QED) is 0.503. The molecule has 11 heteroatoms. The van der Waals surface area contributed by atoms with Gasteiger partial charge in [0.15, 0.2) is 5.75 Å². The summed E-state index contributed by atoms with van der Waals surface area (Å²) in [6.07, 6.45) is -1.95. The number of rotatable bonds is 3. The Hall–Kier alpha value is -4.28. The summed E-state index contributed by atoms with van der Waals surface area (Å²) in [6, 6.07) is 12.8. The van der Waals surface area contributed by atoms with Crippen molar-refractivity contribution < 1.29 is 27.4 Å². The zero-order valence-electron chi connectivity index (χ0n) is 16.9. The summed E-state index contributed by atoms with van der Waals surface area (Å²) in [5.41, 5.74) is 7.42. The van der Waals surface area contributed by atoms with Crippen LogP contribution in [0.4, 0.5) is 24.7 Å². The van der Waals surface area contributed by atoms with Crippen LogP contribution in [-0.4, -0.2) is 40.0 Å². The number of nitrogen functional groups attached to an aromatic ring is 1. The van der Waals surface area contributed by atoms with E-state index in [1.807, 2.05) is 0 Å². The first-order valence-electron chi connectivity index (χ1n) is 9.83. The SMILES string of the molecule is Nc1ncnc2c1C(=O)N(c1ccc3c(ccn3-c3ccccc3OC(F)(F)F)c1)CCO2. The van der Waals surface area contributed by atoms with E-state index < -0.39 is 12.3 Å². The van der Waals surface area contributed by atoms with Crippen LogP contribution in [0, 0.1) is 0 Å². The molecule has 0 aliphatic carbocycles. The van der Waals surface area contributed by atoms with Crippen molar-refractivity contribution in [1.29, 1.82) is 0 Å². The van der Waals surface area contributed by atoms with E-state index in [9.17, 15) is 18.0 Å². The van der Waals surface area contributed by atoms with Gasteiger partial charge in [-0.1, -0.05) is 12.1 Å². The third-order valence-corrected chi connectivity index (χ3v) is 5.19. The van der Waals surface area contributed by atoms with Crippen molar-refractivity contribution in [1.82, 2.24) is 14.5 Å². The van der Waals surface area contributed by atoms with Gasteiger partial charge in [-0.25, -0.2) is 9.97 Å². The van der Waals surface area contributed by atoms with Crippen LogP contribution in [0.15, 0.2) is 61.1 Å². The third kappa shape index (κ3) is 3.77. The van der Waals surface area contributed by atoms with Crippen LogP contribution in [0.2, 0.25) is 0 Å². The molecular formula is C22H16F3N5O3. The molecule has 33 heavy (non-hydrogen) atoms. The van der Waals surface area contributed by atoms with Gasteiger partial charge >= 0.3 is 6.36 Å². The minimum atomic E-state index is -4.82. The number of fused-ring (bicyclic) bond motifs is 2. The fraction of sp³-hybridized carbons (Fsp3) is 0.136. The molecule has 2 aromatic heterocycles. The lowest BCUT2D eigenvalue weighted by molar-refractivity contribution is -0.274. The van der Waals surface area contributed by atoms with E-state index in [0.717, 1.165) is 0 Å². The highest BCUT2D eigenvalue weighted by molar-refractivity contribution is 6.11. The number of carbonyl (C=O) groups excluding carboxylic acids is 1. The van der Waals surface area contributed by atoms with Crippen molar-refractivity contribution in [2.24, 2.45) is 0 Å². The Kier molecular flexibility index (Phi) is 4.81. The Morgan fingerprint density at radius 1 is 1.09 bits per heavy atom. The molecule has 4 aromatic rings. The summed E-state index contributed by atoms with van der Waals surface area (Å²) in [5, 5.41) is 0.713. The number of amides is 1. The molecule has 1 amide bonds. The maximum Gasteiger partial charge on any atom is 0.573 e. The fourth-order valence-electron chi connectivity index (χ4n) is 3.78. The van der Waals surface area contributed by atoms with Crippen LogP contribution < -0.4 is 20.1 Å². The highest BCUT2D eigenvalue weighted by Crippen LogP contribution is 2.34. The largest absolute Gasteiger partial charge is 0.573 e. The van der Waals surface area contributed by atoms with E-state index in [2.05, 4.69) is 14.7 Å². The number of anilines is 2. The Morgan fingerprint density at radius 3 is 2.73 bits per heavy atom. The smallest absolute Gasteiger partial charge is 0.475 e. The zero-order chi connectivity index (χ0) is 23.2. The molecule has 0 unspecified atom stereocenters. The van der Waals surface area contributed by atoms with Gasteiger partial charge in [0.2, 0.25) is 5.88 Å². The Labute approximate surface area is 185 Å². The van der Waals surface area contributed by atoms with Crippen molar-refractivity contribution in [2.75, 3.05) is 23.8 Å². The summed E-state index contributed by atoms with van der Waals surface area (Å²) in [6.45, 7) is 0.458. The van der Waals surface area contributed by atoms with E-state index in [4.69, 9.17) is 10.5 Å². The molecule has 0 bridgehead atoms. The molecule has 0 saturated heterocycles. The molecular weight excluding hydrogens is 439 g/mol. The molecule has 0 radical (unpaired) electrons. The van der Waals surface area contributed by atoms with Crippen molar-refractivity contribution in [3.8, 4) is 17.3 Å². The first kappa shape index (κ1) is 20.6. The third-order valence-electron chi connectivity index (χ3n) is 5.19. The van der Waals surface area contributed by atoms with Crippen LogP contribution in [0.5, 0.6) is 11.6 Å². The van der Waals surface area contributed by atoms with E-state index in [1.165, 1.54) is 29.4 Å². The summed E-state index contributed by atoms with van der Waals surface area (Å²) in [7, 11) is 0. The Morgan fingerprint density at radius 2 is 1.91 bits per heavy atom. The topological polar surface area (TPSA) is 95.5 Å². The standard InChI is InChI=1S/C22H16F3N5O3/c23-22(24,25)33-17-4-2-1-3-16(17)30-8-7-13-11-14(5-6-15(13)30)29-9-10-32-20-18(21(29)31)19(26)27-12-28-20/h1-8,11-12H,9-10H2,(H2,26,27,28). The predicted molar refractivity (Wildman–Crippen MR) is 114 cm³/mol. The molecule has 1 aliphatic heterocycles.